The Morgan fingerprint density at radius 1 is 1.40 bits per heavy atom. The van der Waals surface area contributed by atoms with Crippen molar-refractivity contribution in [3.8, 4) is 0 Å². The Hall–Kier alpha value is -0.920. The van der Waals surface area contributed by atoms with Gasteiger partial charge in [-0.25, -0.2) is 8.42 Å². The van der Waals surface area contributed by atoms with Crippen LogP contribution in [-0.2, 0) is 26.1 Å². The molecule has 0 amide bonds. The number of ether oxygens (including phenoxy) is 1. The molecule has 0 atom stereocenters. The van der Waals surface area contributed by atoms with E-state index in [1.807, 2.05) is 0 Å². The minimum Gasteiger partial charge on any atom is -0.459 e. The summed E-state index contributed by atoms with van der Waals surface area (Å²) in [4.78, 5) is 12.0. The number of hydrogen-bond acceptors (Lipinski definition) is 4. The van der Waals surface area contributed by atoms with Crippen molar-refractivity contribution in [3.05, 3.63) is 28.2 Å². The van der Waals surface area contributed by atoms with E-state index in [9.17, 15) is 13.2 Å². The number of hydrogen-bond donors (Lipinski definition) is 0. The molecule has 7 heteroatoms. The third-order valence-corrected chi connectivity index (χ3v) is 5.10. The van der Waals surface area contributed by atoms with Crippen molar-refractivity contribution in [2.24, 2.45) is 0 Å². The summed E-state index contributed by atoms with van der Waals surface area (Å²) >= 11 is 3.31. The van der Waals surface area contributed by atoms with E-state index in [0.717, 1.165) is 8.78 Å². The molecule has 0 radical (unpaired) electrons. The van der Waals surface area contributed by atoms with Gasteiger partial charge in [0.1, 0.15) is 12.1 Å². The summed E-state index contributed by atoms with van der Waals surface area (Å²) in [6, 6.07) is 4.97. The van der Waals surface area contributed by atoms with Crippen molar-refractivity contribution in [2.75, 3.05) is 6.54 Å². The largest absolute Gasteiger partial charge is 0.459 e. The van der Waals surface area contributed by atoms with Crippen molar-refractivity contribution < 1.29 is 17.9 Å². The predicted molar refractivity (Wildman–Crippen MR) is 77.6 cm³/mol. The molecule has 0 saturated carbocycles. The van der Waals surface area contributed by atoms with Crippen molar-refractivity contribution >= 4 is 31.9 Å². The summed E-state index contributed by atoms with van der Waals surface area (Å²) in [5, 5.41) is 0. The molecule has 1 aromatic rings. The van der Waals surface area contributed by atoms with E-state index in [4.69, 9.17) is 4.74 Å². The fourth-order valence-corrected chi connectivity index (χ4v) is 3.96. The topological polar surface area (TPSA) is 63.7 Å². The fraction of sp³-hybridized carbons (Fsp3) is 0.462. The molecule has 2 rings (SSSR count). The van der Waals surface area contributed by atoms with E-state index in [2.05, 4.69) is 15.9 Å². The number of benzene rings is 1. The SMILES string of the molecule is CC(C)(C)OC(=O)CN1Cc2cc(Br)ccc2S1(=O)=O. The first-order valence-electron chi connectivity index (χ1n) is 6.10. The number of rotatable bonds is 2. The highest BCUT2D eigenvalue weighted by atomic mass is 79.9. The van der Waals surface area contributed by atoms with Crippen LogP contribution < -0.4 is 0 Å². The molecule has 0 aromatic heterocycles. The van der Waals surface area contributed by atoms with E-state index in [1.54, 1.807) is 39.0 Å². The molecular formula is C13H16BrNO4S. The van der Waals surface area contributed by atoms with Gasteiger partial charge in [-0.05, 0) is 44.5 Å². The van der Waals surface area contributed by atoms with Gasteiger partial charge in [-0.2, -0.15) is 4.31 Å². The van der Waals surface area contributed by atoms with E-state index in [1.165, 1.54) is 0 Å². The number of esters is 1. The molecule has 0 N–H and O–H groups in total. The molecule has 1 aromatic carbocycles. The summed E-state index contributed by atoms with van der Waals surface area (Å²) in [7, 11) is -3.60. The van der Waals surface area contributed by atoms with Crippen molar-refractivity contribution in [3.63, 3.8) is 0 Å². The second-order valence-corrected chi connectivity index (χ2v) is 8.43. The average molecular weight is 362 g/mol. The first-order valence-corrected chi connectivity index (χ1v) is 8.33. The molecule has 0 saturated heterocycles. The molecule has 1 heterocycles. The summed E-state index contributed by atoms with van der Waals surface area (Å²) in [5.74, 6) is -0.548. The van der Waals surface area contributed by atoms with Gasteiger partial charge in [-0.1, -0.05) is 15.9 Å². The fourth-order valence-electron chi connectivity index (χ4n) is 2.00. The summed E-state index contributed by atoms with van der Waals surface area (Å²) in [5.41, 5.74) is 0.0547. The van der Waals surface area contributed by atoms with Crippen LogP contribution in [0.3, 0.4) is 0 Å². The Morgan fingerprint density at radius 2 is 2.05 bits per heavy atom. The smallest absolute Gasteiger partial charge is 0.321 e. The van der Waals surface area contributed by atoms with Gasteiger partial charge in [-0.3, -0.25) is 4.79 Å². The van der Waals surface area contributed by atoms with Crippen molar-refractivity contribution in [1.82, 2.24) is 4.31 Å². The van der Waals surface area contributed by atoms with E-state index in [0.29, 0.717) is 5.56 Å². The van der Waals surface area contributed by atoms with Gasteiger partial charge >= 0.3 is 5.97 Å². The lowest BCUT2D eigenvalue weighted by Crippen LogP contribution is -2.35. The monoisotopic (exact) mass is 361 g/mol. The molecule has 20 heavy (non-hydrogen) atoms. The maximum absolute atomic E-state index is 12.3. The van der Waals surface area contributed by atoms with E-state index >= 15 is 0 Å². The van der Waals surface area contributed by atoms with Crippen LogP contribution in [0, 0.1) is 0 Å². The summed E-state index contributed by atoms with van der Waals surface area (Å²) in [6.07, 6.45) is 0. The number of sulfonamides is 1. The first-order chi connectivity index (χ1) is 9.09. The molecule has 0 unspecified atom stereocenters. The second-order valence-electron chi connectivity index (χ2n) is 5.61. The highest BCUT2D eigenvalue weighted by molar-refractivity contribution is 9.10. The van der Waals surface area contributed by atoms with Crippen LogP contribution in [0.15, 0.2) is 27.6 Å². The van der Waals surface area contributed by atoms with Gasteiger partial charge < -0.3 is 4.74 Å². The average Bonchev–Trinajstić information content (AvgIpc) is 2.47. The van der Waals surface area contributed by atoms with Gasteiger partial charge in [0.25, 0.3) is 0 Å². The molecule has 110 valence electrons. The van der Waals surface area contributed by atoms with Crippen molar-refractivity contribution in [2.45, 2.75) is 37.8 Å². The maximum Gasteiger partial charge on any atom is 0.321 e. The van der Waals surface area contributed by atoms with Gasteiger partial charge in [0, 0.05) is 11.0 Å². The zero-order chi connectivity index (χ0) is 15.1. The van der Waals surface area contributed by atoms with E-state index in [-0.39, 0.29) is 18.0 Å². The number of fused-ring (bicyclic) bond motifs is 1. The summed E-state index contributed by atoms with van der Waals surface area (Å²) < 4.78 is 31.7. The normalized spacial score (nSPS) is 17.8. The molecule has 1 aliphatic rings. The minimum atomic E-state index is -3.60. The van der Waals surface area contributed by atoms with E-state index < -0.39 is 21.6 Å². The lowest BCUT2D eigenvalue weighted by Gasteiger charge is -2.21. The lowest BCUT2D eigenvalue weighted by atomic mass is 10.2. The molecule has 0 aliphatic carbocycles. The number of halogens is 1. The van der Waals surface area contributed by atoms with Crippen LogP contribution in [0.2, 0.25) is 0 Å². The zero-order valence-corrected chi connectivity index (χ0v) is 13.9. The van der Waals surface area contributed by atoms with Crippen LogP contribution in [-0.4, -0.2) is 30.8 Å². The van der Waals surface area contributed by atoms with Gasteiger partial charge in [-0.15, -0.1) is 0 Å². The highest BCUT2D eigenvalue weighted by Crippen LogP contribution is 2.32. The Labute approximate surface area is 127 Å². The van der Waals surface area contributed by atoms with Gasteiger partial charge in [0.2, 0.25) is 10.0 Å². The van der Waals surface area contributed by atoms with Crippen LogP contribution >= 0.6 is 15.9 Å². The van der Waals surface area contributed by atoms with Crippen LogP contribution in [0.25, 0.3) is 0 Å². The zero-order valence-electron chi connectivity index (χ0n) is 11.5. The highest BCUT2D eigenvalue weighted by Gasteiger charge is 2.36. The predicted octanol–water partition coefficient (Wildman–Crippen LogP) is 2.30. The number of carbonyl (C=O) groups excluding carboxylic acids is 1. The molecule has 5 nitrogen and oxygen atoms in total. The molecule has 0 bridgehead atoms. The van der Waals surface area contributed by atoms with Gasteiger partial charge in [0.15, 0.2) is 0 Å². The quantitative estimate of drug-likeness (QED) is 0.758. The third kappa shape index (κ3) is 3.21. The first kappa shape index (κ1) is 15.5. The Bertz CT molecular complexity index is 649. The van der Waals surface area contributed by atoms with Crippen LogP contribution in [0.4, 0.5) is 0 Å². The number of carbonyl (C=O) groups is 1. The molecular weight excluding hydrogens is 346 g/mol. The Kier molecular flexibility index (Phi) is 3.96. The molecule has 0 fully saturated rings. The number of nitrogens with zero attached hydrogens (tertiary/aromatic N) is 1. The van der Waals surface area contributed by atoms with Crippen LogP contribution in [0.1, 0.15) is 26.3 Å². The standard InChI is InChI=1S/C13H16BrNO4S/c1-13(2,3)19-12(16)8-15-7-9-6-10(14)4-5-11(9)20(15,17)18/h4-6H,7-8H2,1-3H3. The maximum atomic E-state index is 12.3. The Morgan fingerprint density at radius 3 is 2.65 bits per heavy atom. The lowest BCUT2D eigenvalue weighted by molar-refractivity contribution is -0.155. The van der Waals surface area contributed by atoms with Crippen molar-refractivity contribution in [1.29, 1.82) is 0 Å². The van der Waals surface area contributed by atoms with Gasteiger partial charge in [0.05, 0.1) is 4.90 Å². The second kappa shape index (κ2) is 5.13. The summed E-state index contributed by atoms with van der Waals surface area (Å²) in [6.45, 7) is 5.15. The molecule has 0 spiro atoms. The Balaban J connectivity index is 2.19. The third-order valence-electron chi connectivity index (χ3n) is 2.71. The van der Waals surface area contributed by atoms with Crippen LogP contribution in [0.5, 0.6) is 0 Å². The minimum absolute atomic E-state index is 0.191. The molecule has 1 aliphatic heterocycles.